The first-order chi connectivity index (χ1) is 18.1. The van der Waals surface area contributed by atoms with Gasteiger partial charge in [-0.3, -0.25) is 9.52 Å². The fraction of sp³-hybridized carbons (Fsp3) is 0.192. The van der Waals surface area contributed by atoms with Crippen molar-refractivity contribution in [3.8, 4) is 11.5 Å². The van der Waals surface area contributed by atoms with E-state index in [0.29, 0.717) is 22.7 Å². The van der Waals surface area contributed by atoms with Gasteiger partial charge in [0, 0.05) is 11.4 Å². The highest BCUT2D eigenvalue weighted by atomic mass is 32.2. The van der Waals surface area contributed by atoms with Gasteiger partial charge in [-0.2, -0.15) is 0 Å². The van der Waals surface area contributed by atoms with E-state index in [1.54, 1.807) is 31.2 Å². The first-order valence-corrected chi connectivity index (χ1v) is 12.6. The largest absolute Gasteiger partial charge is 0.497 e. The molecule has 0 bridgehead atoms. The van der Waals surface area contributed by atoms with Crippen LogP contribution in [0.2, 0.25) is 0 Å². The predicted molar refractivity (Wildman–Crippen MR) is 138 cm³/mol. The second-order valence-corrected chi connectivity index (χ2v) is 9.56. The van der Waals surface area contributed by atoms with E-state index in [2.05, 4.69) is 19.5 Å². The Morgan fingerprint density at radius 3 is 1.92 bits per heavy atom. The van der Waals surface area contributed by atoms with Crippen LogP contribution in [0.15, 0.2) is 65.6 Å². The molecule has 11 nitrogen and oxygen atoms in total. The third kappa shape index (κ3) is 7.01. The number of esters is 2. The molecule has 0 fully saturated rings. The molecule has 3 aromatic carbocycles. The first kappa shape index (κ1) is 28.0. The van der Waals surface area contributed by atoms with Crippen LogP contribution >= 0.6 is 0 Å². The van der Waals surface area contributed by atoms with Gasteiger partial charge in [-0.1, -0.05) is 0 Å². The molecule has 0 aromatic heterocycles. The lowest BCUT2D eigenvalue weighted by molar-refractivity contribution is -0.118. The van der Waals surface area contributed by atoms with Gasteiger partial charge in [0.25, 0.3) is 15.9 Å². The molecule has 3 rings (SSSR count). The van der Waals surface area contributed by atoms with E-state index in [9.17, 15) is 22.8 Å². The molecule has 12 heteroatoms. The lowest BCUT2D eigenvalue weighted by Crippen LogP contribution is -2.21. The van der Waals surface area contributed by atoms with Gasteiger partial charge in [0.05, 0.1) is 37.4 Å². The Balaban J connectivity index is 1.68. The van der Waals surface area contributed by atoms with Gasteiger partial charge in [-0.05, 0) is 73.2 Å². The van der Waals surface area contributed by atoms with Gasteiger partial charge in [-0.15, -0.1) is 0 Å². The summed E-state index contributed by atoms with van der Waals surface area (Å²) in [6, 6.07) is 14.6. The van der Waals surface area contributed by atoms with Crippen molar-refractivity contribution in [2.75, 3.05) is 38.0 Å². The minimum absolute atomic E-state index is 0.0117. The van der Waals surface area contributed by atoms with Crippen LogP contribution in [0.5, 0.6) is 11.5 Å². The molecular weight excluding hydrogens is 516 g/mol. The van der Waals surface area contributed by atoms with Gasteiger partial charge >= 0.3 is 11.9 Å². The van der Waals surface area contributed by atoms with Crippen LogP contribution in [0, 0.1) is 6.92 Å². The number of methoxy groups -OCH3 is 3. The van der Waals surface area contributed by atoms with Crippen LogP contribution in [-0.2, 0) is 24.3 Å². The summed E-state index contributed by atoms with van der Waals surface area (Å²) in [7, 11) is 0.0160. The number of aryl methyl sites for hydroxylation is 1. The van der Waals surface area contributed by atoms with E-state index in [1.807, 2.05) is 0 Å². The first-order valence-electron chi connectivity index (χ1n) is 11.1. The third-order valence-electron chi connectivity index (χ3n) is 5.22. The van der Waals surface area contributed by atoms with Crippen LogP contribution in [-0.4, -0.2) is 54.2 Å². The monoisotopic (exact) mass is 542 g/mol. The standard InChI is InChI=1S/C26H26N2O9S/c1-16-11-22(38(32,33)28-19-5-7-21(34-2)8-6-19)9-10-23(16)37-15-24(29)27-20-13-17(25(30)35-3)12-18(14-20)26(31)36-4/h5-14,28H,15H2,1-4H3,(H,27,29). The summed E-state index contributed by atoms with van der Waals surface area (Å²) in [6.45, 7) is 1.22. The number of anilines is 2. The quantitative estimate of drug-likeness (QED) is 0.368. The third-order valence-corrected chi connectivity index (χ3v) is 6.60. The average Bonchev–Trinajstić information content (AvgIpc) is 2.91. The second kappa shape index (κ2) is 12.1. The maximum absolute atomic E-state index is 12.8. The van der Waals surface area contributed by atoms with E-state index in [-0.39, 0.29) is 21.7 Å². The Bertz CT molecular complexity index is 1420. The number of rotatable bonds is 10. The van der Waals surface area contributed by atoms with Gasteiger partial charge in [0.15, 0.2) is 6.61 Å². The Morgan fingerprint density at radius 1 is 0.789 bits per heavy atom. The maximum Gasteiger partial charge on any atom is 0.337 e. The molecule has 0 heterocycles. The van der Waals surface area contributed by atoms with Gasteiger partial charge in [-0.25, -0.2) is 18.0 Å². The van der Waals surface area contributed by atoms with Crippen molar-refractivity contribution in [2.24, 2.45) is 0 Å². The number of amides is 1. The summed E-state index contributed by atoms with van der Waals surface area (Å²) >= 11 is 0. The van der Waals surface area contributed by atoms with Crippen LogP contribution in [0.1, 0.15) is 26.3 Å². The van der Waals surface area contributed by atoms with E-state index >= 15 is 0 Å². The molecular formula is C26H26N2O9S. The number of sulfonamides is 1. The van der Waals surface area contributed by atoms with Crippen LogP contribution in [0.4, 0.5) is 11.4 Å². The Labute approximate surface area is 219 Å². The minimum atomic E-state index is -3.87. The summed E-state index contributed by atoms with van der Waals surface area (Å²) in [5.74, 6) is -1.10. The number of nitrogens with one attached hydrogen (secondary N) is 2. The second-order valence-electron chi connectivity index (χ2n) is 7.88. The minimum Gasteiger partial charge on any atom is -0.497 e. The average molecular weight is 543 g/mol. The fourth-order valence-electron chi connectivity index (χ4n) is 3.34. The lowest BCUT2D eigenvalue weighted by atomic mass is 10.1. The summed E-state index contributed by atoms with van der Waals surface area (Å²) in [5.41, 5.74) is 1.10. The molecule has 0 aliphatic heterocycles. The zero-order valence-corrected chi connectivity index (χ0v) is 21.9. The molecule has 3 aromatic rings. The molecule has 38 heavy (non-hydrogen) atoms. The van der Waals surface area contributed by atoms with Crippen LogP contribution < -0.4 is 19.5 Å². The molecule has 0 aliphatic carbocycles. The fourth-order valence-corrected chi connectivity index (χ4v) is 4.48. The maximum atomic E-state index is 12.8. The molecule has 0 atom stereocenters. The molecule has 0 saturated carbocycles. The van der Waals surface area contributed by atoms with Crippen molar-refractivity contribution < 1.29 is 41.7 Å². The van der Waals surface area contributed by atoms with Gasteiger partial charge < -0.3 is 24.3 Å². The van der Waals surface area contributed by atoms with Crippen molar-refractivity contribution in [3.63, 3.8) is 0 Å². The Kier molecular flexibility index (Phi) is 8.92. The molecule has 1 amide bonds. The summed E-state index contributed by atoms with van der Waals surface area (Å²) < 4.78 is 48.0. The van der Waals surface area contributed by atoms with E-state index in [4.69, 9.17) is 9.47 Å². The smallest absolute Gasteiger partial charge is 0.337 e. The highest BCUT2D eigenvalue weighted by Crippen LogP contribution is 2.25. The molecule has 0 aliphatic rings. The molecule has 0 unspecified atom stereocenters. The zero-order valence-electron chi connectivity index (χ0n) is 21.1. The zero-order chi connectivity index (χ0) is 27.9. The van der Waals surface area contributed by atoms with Crippen LogP contribution in [0.25, 0.3) is 0 Å². The van der Waals surface area contributed by atoms with Crippen molar-refractivity contribution in [3.05, 3.63) is 77.4 Å². The SMILES string of the molecule is COC(=O)c1cc(NC(=O)COc2ccc(S(=O)(=O)Nc3ccc(OC)cc3)cc2C)cc(C(=O)OC)c1. The number of benzene rings is 3. The summed E-state index contributed by atoms with van der Waals surface area (Å²) in [6.07, 6.45) is 0. The molecule has 2 N–H and O–H groups in total. The van der Waals surface area contributed by atoms with Gasteiger partial charge in [0.1, 0.15) is 11.5 Å². The molecule has 200 valence electrons. The normalized spacial score (nSPS) is 10.7. The Hall–Kier alpha value is -4.58. The van der Waals surface area contributed by atoms with Crippen molar-refractivity contribution in [1.29, 1.82) is 0 Å². The van der Waals surface area contributed by atoms with Crippen molar-refractivity contribution >= 4 is 39.2 Å². The number of ether oxygens (including phenoxy) is 4. The number of carbonyl (C=O) groups is 3. The highest BCUT2D eigenvalue weighted by molar-refractivity contribution is 7.92. The van der Waals surface area contributed by atoms with E-state index in [0.717, 1.165) is 0 Å². The number of hydrogen-bond donors (Lipinski definition) is 2. The molecule has 0 saturated heterocycles. The lowest BCUT2D eigenvalue weighted by Gasteiger charge is -2.13. The van der Waals surface area contributed by atoms with Crippen molar-refractivity contribution in [1.82, 2.24) is 0 Å². The number of carbonyl (C=O) groups excluding carboxylic acids is 3. The topological polar surface area (TPSA) is 146 Å². The summed E-state index contributed by atoms with van der Waals surface area (Å²) in [4.78, 5) is 36.4. The van der Waals surface area contributed by atoms with E-state index < -0.39 is 34.5 Å². The molecule has 0 radical (unpaired) electrons. The predicted octanol–water partition coefficient (Wildman–Crippen LogP) is 3.40. The van der Waals surface area contributed by atoms with Crippen LogP contribution in [0.3, 0.4) is 0 Å². The van der Waals surface area contributed by atoms with Gasteiger partial charge in [0.2, 0.25) is 0 Å². The summed E-state index contributed by atoms with van der Waals surface area (Å²) in [5, 5.41) is 2.55. The van der Waals surface area contributed by atoms with E-state index in [1.165, 1.54) is 57.7 Å². The molecule has 0 spiro atoms. The highest BCUT2D eigenvalue weighted by Gasteiger charge is 2.18. The Morgan fingerprint density at radius 2 is 1.39 bits per heavy atom. The number of hydrogen-bond acceptors (Lipinski definition) is 9. The van der Waals surface area contributed by atoms with Crippen molar-refractivity contribution in [2.45, 2.75) is 11.8 Å².